The number of aromatic nitrogens is 3. The van der Waals surface area contributed by atoms with Gasteiger partial charge in [0, 0.05) is 27.6 Å². The molecule has 0 radical (unpaired) electrons. The number of nitrogens with zero attached hydrogens (tertiary/aromatic N) is 3. The summed E-state index contributed by atoms with van der Waals surface area (Å²) < 4.78 is 2.26. The van der Waals surface area contributed by atoms with Crippen LogP contribution in [0, 0.1) is 0 Å². The van der Waals surface area contributed by atoms with E-state index in [1.54, 1.807) is 0 Å². The number of rotatable bonds is 5. The average Bonchev–Trinajstić information content (AvgIpc) is 3.71. The van der Waals surface area contributed by atoms with Crippen LogP contribution in [0.3, 0.4) is 0 Å². The number of imidazole rings is 1. The van der Waals surface area contributed by atoms with Gasteiger partial charge in [-0.25, -0.2) is 9.97 Å². The maximum absolute atomic E-state index is 5.62. The lowest BCUT2D eigenvalue weighted by atomic mass is 9.89. The molecule has 10 aromatic carbocycles. The van der Waals surface area contributed by atoms with Crippen LogP contribution >= 0.6 is 0 Å². The fourth-order valence-corrected chi connectivity index (χ4v) is 9.15. The first-order valence-electron chi connectivity index (χ1n) is 20.2. The van der Waals surface area contributed by atoms with Gasteiger partial charge >= 0.3 is 0 Å². The molecule has 274 valence electrons. The molecule has 0 unspecified atom stereocenters. The highest BCUT2D eigenvalue weighted by Gasteiger charge is 2.19. The van der Waals surface area contributed by atoms with Crippen molar-refractivity contribution >= 4 is 65.0 Å². The molecule has 0 aliphatic rings. The van der Waals surface area contributed by atoms with Crippen LogP contribution in [0.15, 0.2) is 212 Å². The Morgan fingerprint density at radius 1 is 0.322 bits per heavy atom. The summed E-state index contributed by atoms with van der Waals surface area (Å²) in [6.45, 7) is 0. The van der Waals surface area contributed by atoms with Gasteiger partial charge in [-0.05, 0) is 108 Å². The summed E-state index contributed by atoms with van der Waals surface area (Å²) in [4.78, 5) is 10.8. The SMILES string of the molecule is c1ccc(-n2c(-c3ccc(-c4cc(-c5cc6ccccc6c6ccccc56)nc5c4cc(-c4ccc6ccccc6c4)c4ccccc45)cc3)nc3ccccc32)cc1. The Balaban J connectivity index is 1.12. The van der Waals surface area contributed by atoms with Gasteiger partial charge in [-0.15, -0.1) is 0 Å². The summed E-state index contributed by atoms with van der Waals surface area (Å²) >= 11 is 0. The number of para-hydroxylation sites is 3. The van der Waals surface area contributed by atoms with Crippen LogP contribution in [0.1, 0.15) is 0 Å². The van der Waals surface area contributed by atoms with Gasteiger partial charge in [0.15, 0.2) is 0 Å². The fraction of sp³-hybridized carbons (Fsp3) is 0. The van der Waals surface area contributed by atoms with Gasteiger partial charge in [-0.2, -0.15) is 0 Å². The van der Waals surface area contributed by atoms with E-state index in [1.165, 1.54) is 48.8 Å². The van der Waals surface area contributed by atoms with Crippen LogP contribution < -0.4 is 0 Å². The minimum atomic E-state index is 0.913. The molecule has 0 bridgehead atoms. The van der Waals surface area contributed by atoms with E-state index in [9.17, 15) is 0 Å². The lowest BCUT2D eigenvalue weighted by Gasteiger charge is -2.17. The topological polar surface area (TPSA) is 30.7 Å². The molecule has 12 aromatic rings. The van der Waals surface area contributed by atoms with Crippen molar-refractivity contribution in [2.45, 2.75) is 0 Å². The molecular formula is C56H35N3. The molecular weight excluding hydrogens is 715 g/mol. The van der Waals surface area contributed by atoms with Gasteiger partial charge in [0.25, 0.3) is 0 Å². The number of benzene rings is 10. The van der Waals surface area contributed by atoms with Crippen LogP contribution in [0.5, 0.6) is 0 Å². The second-order valence-corrected chi connectivity index (χ2v) is 15.3. The molecule has 3 heteroatoms. The molecule has 12 rings (SSSR count). The van der Waals surface area contributed by atoms with Crippen molar-refractivity contribution in [1.29, 1.82) is 0 Å². The Kier molecular flexibility index (Phi) is 7.54. The van der Waals surface area contributed by atoms with E-state index in [0.29, 0.717) is 0 Å². The van der Waals surface area contributed by atoms with Gasteiger partial charge in [0.05, 0.1) is 22.2 Å². The molecule has 59 heavy (non-hydrogen) atoms. The second kappa shape index (κ2) is 13.4. The molecule has 3 nitrogen and oxygen atoms in total. The first-order chi connectivity index (χ1) is 29.2. The van der Waals surface area contributed by atoms with Crippen molar-refractivity contribution in [2.75, 3.05) is 0 Å². The summed E-state index contributed by atoms with van der Waals surface area (Å²) in [5.74, 6) is 0.913. The predicted molar refractivity (Wildman–Crippen MR) is 248 cm³/mol. The number of hydrogen-bond donors (Lipinski definition) is 0. The van der Waals surface area contributed by atoms with Crippen molar-refractivity contribution in [3.05, 3.63) is 212 Å². The van der Waals surface area contributed by atoms with E-state index >= 15 is 0 Å². The van der Waals surface area contributed by atoms with E-state index in [4.69, 9.17) is 9.97 Å². The molecule has 0 fully saturated rings. The van der Waals surface area contributed by atoms with Crippen molar-refractivity contribution < 1.29 is 0 Å². The van der Waals surface area contributed by atoms with E-state index in [-0.39, 0.29) is 0 Å². The lowest BCUT2D eigenvalue weighted by Crippen LogP contribution is -1.97. The normalized spacial score (nSPS) is 11.7. The average molecular weight is 750 g/mol. The highest BCUT2D eigenvalue weighted by molar-refractivity contribution is 6.18. The molecule has 0 saturated carbocycles. The zero-order valence-electron chi connectivity index (χ0n) is 32.0. The van der Waals surface area contributed by atoms with Crippen molar-refractivity contribution in [3.63, 3.8) is 0 Å². The second-order valence-electron chi connectivity index (χ2n) is 15.3. The minimum absolute atomic E-state index is 0.913. The smallest absolute Gasteiger partial charge is 0.145 e. The molecule has 0 saturated heterocycles. The third-order valence-electron chi connectivity index (χ3n) is 12.0. The highest BCUT2D eigenvalue weighted by Crippen LogP contribution is 2.43. The third kappa shape index (κ3) is 5.44. The molecule has 2 aromatic heterocycles. The molecule has 0 aliphatic heterocycles. The zero-order chi connectivity index (χ0) is 38.9. The van der Waals surface area contributed by atoms with Crippen molar-refractivity contribution in [3.8, 4) is 50.6 Å². The van der Waals surface area contributed by atoms with Gasteiger partial charge < -0.3 is 0 Å². The van der Waals surface area contributed by atoms with Crippen LogP contribution in [-0.4, -0.2) is 14.5 Å². The van der Waals surface area contributed by atoms with Gasteiger partial charge in [0.2, 0.25) is 0 Å². The Morgan fingerprint density at radius 2 is 0.915 bits per heavy atom. The maximum Gasteiger partial charge on any atom is 0.145 e. The molecule has 0 aliphatic carbocycles. The van der Waals surface area contributed by atoms with Crippen molar-refractivity contribution in [1.82, 2.24) is 14.5 Å². The largest absolute Gasteiger partial charge is 0.292 e. The van der Waals surface area contributed by atoms with Crippen LogP contribution in [0.4, 0.5) is 0 Å². The van der Waals surface area contributed by atoms with Crippen LogP contribution in [-0.2, 0) is 0 Å². The summed E-state index contributed by atoms with van der Waals surface area (Å²) in [5, 5.41) is 10.8. The van der Waals surface area contributed by atoms with Gasteiger partial charge in [0.1, 0.15) is 5.82 Å². The maximum atomic E-state index is 5.62. The van der Waals surface area contributed by atoms with Gasteiger partial charge in [-0.3, -0.25) is 4.57 Å². The van der Waals surface area contributed by atoms with Crippen molar-refractivity contribution in [2.24, 2.45) is 0 Å². The summed E-state index contributed by atoms with van der Waals surface area (Å²) in [7, 11) is 0. The van der Waals surface area contributed by atoms with Gasteiger partial charge in [-0.1, -0.05) is 164 Å². The Hall–Kier alpha value is -7.88. The van der Waals surface area contributed by atoms with Crippen LogP contribution in [0.2, 0.25) is 0 Å². The first kappa shape index (κ1) is 33.3. The van der Waals surface area contributed by atoms with E-state index in [1.807, 2.05) is 0 Å². The van der Waals surface area contributed by atoms with E-state index in [2.05, 4.69) is 217 Å². The molecule has 0 N–H and O–H groups in total. The summed E-state index contributed by atoms with van der Waals surface area (Å²) in [6, 6.07) is 76.4. The molecule has 0 amide bonds. The minimum Gasteiger partial charge on any atom is -0.292 e. The Bertz CT molecular complexity index is 3600. The number of hydrogen-bond acceptors (Lipinski definition) is 2. The summed E-state index contributed by atoms with van der Waals surface area (Å²) in [6.07, 6.45) is 0. The fourth-order valence-electron chi connectivity index (χ4n) is 9.15. The quantitative estimate of drug-likeness (QED) is 0.164. The predicted octanol–water partition coefficient (Wildman–Crippen LogP) is 14.9. The molecule has 2 heterocycles. The van der Waals surface area contributed by atoms with E-state index < -0.39 is 0 Å². The number of fused-ring (bicyclic) bond motifs is 8. The molecule has 0 atom stereocenters. The monoisotopic (exact) mass is 749 g/mol. The third-order valence-corrected chi connectivity index (χ3v) is 12.0. The van der Waals surface area contributed by atoms with Crippen LogP contribution in [0.25, 0.3) is 116 Å². The van der Waals surface area contributed by atoms with E-state index in [0.717, 1.165) is 66.8 Å². The first-order valence-corrected chi connectivity index (χ1v) is 20.2. The standard InChI is InChI=1S/C56H35N3/c1-2-17-42(18-3-1)59-54-25-13-12-24-52(54)58-56(59)38-29-27-37(28-30-38)49-35-53(50-33-40-16-6-7-19-43(40)44-20-8-9-21-45(44)50)57-55-47-23-11-10-22-46(47)48(34-51(49)55)41-31-26-36-14-4-5-15-39(36)32-41/h1-35H. The number of pyridine rings is 1. The highest BCUT2D eigenvalue weighted by atomic mass is 15.1. The Morgan fingerprint density at radius 3 is 1.73 bits per heavy atom. The summed E-state index contributed by atoms with van der Waals surface area (Å²) in [5.41, 5.74) is 11.9. The zero-order valence-corrected chi connectivity index (χ0v) is 32.0. The molecule has 0 spiro atoms. The Labute approximate surface area is 341 Å². The lowest BCUT2D eigenvalue weighted by molar-refractivity contribution is 1.10.